The summed E-state index contributed by atoms with van der Waals surface area (Å²) in [6, 6.07) is -0.0801. The molecule has 3 aliphatic rings. The van der Waals surface area contributed by atoms with Gasteiger partial charge in [0.15, 0.2) is 5.82 Å². The van der Waals surface area contributed by atoms with Crippen molar-refractivity contribution in [1.29, 1.82) is 0 Å². The first-order chi connectivity index (χ1) is 13.2. The summed E-state index contributed by atoms with van der Waals surface area (Å²) in [5, 5.41) is 3.98. The van der Waals surface area contributed by atoms with Crippen molar-refractivity contribution in [3.8, 4) is 0 Å². The Labute approximate surface area is 160 Å². The Balaban J connectivity index is 1.35. The van der Waals surface area contributed by atoms with E-state index in [0.29, 0.717) is 30.7 Å². The third-order valence-electron chi connectivity index (χ3n) is 6.48. The van der Waals surface area contributed by atoms with Crippen LogP contribution >= 0.6 is 0 Å². The predicted molar refractivity (Wildman–Crippen MR) is 98.6 cm³/mol. The first-order valence-corrected chi connectivity index (χ1v) is 10.6. The van der Waals surface area contributed by atoms with E-state index in [2.05, 4.69) is 10.1 Å². The number of carbonyl (C=O) groups is 2. The molecular weight excluding hydrogens is 344 g/mol. The molecule has 7 nitrogen and oxygen atoms in total. The predicted octanol–water partition coefficient (Wildman–Crippen LogP) is 2.72. The lowest BCUT2D eigenvalue weighted by Crippen LogP contribution is -2.45. The van der Waals surface area contributed by atoms with Crippen molar-refractivity contribution in [1.82, 2.24) is 19.9 Å². The van der Waals surface area contributed by atoms with Gasteiger partial charge in [0.25, 0.3) is 0 Å². The zero-order valence-corrected chi connectivity index (χ0v) is 16.2. The second-order valence-corrected chi connectivity index (χ2v) is 8.17. The van der Waals surface area contributed by atoms with Gasteiger partial charge in [0.1, 0.15) is 6.04 Å². The molecule has 148 valence electrons. The van der Waals surface area contributed by atoms with Gasteiger partial charge in [-0.3, -0.25) is 9.59 Å². The minimum atomic E-state index is -0.0801. The molecule has 2 amide bonds. The molecule has 0 N–H and O–H groups in total. The molecule has 27 heavy (non-hydrogen) atoms. The van der Waals surface area contributed by atoms with Gasteiger partial charge in [-0.2, -0.15) is 4.98 Å². The molecule has 2 saturated heterocycles. The van der Waals surface area contributed by atoms with Crippen LogP contribution in [0.3, 0.4) is 0 Å². The van der Waals surface area contributed by atoms with Gasteiger partial charge in [-0.25, -0.2) is 0 Å². The molecule has 3 fully saturated rings. The summed E-state index contributed by atoms with van der Waals surface area (Å²) in [6.07, 6.45) is 8.56. The molecule has 1 saturated carbocycles. The van der Waals surface area contributed by atoms with Gasteiger partial charge in [-0.1, -0.05) is 24.9 Å². The van der Waals surface area contributed by atoms with Crippen molar-refractivity contribution in [3.05, 3.63) is 11.7 Å². The van der Waals surface area contributed by atoms with E-state index in [0.717, 1.165) is 51.5 Å². The van der Waals surface area contributed by atoms with Gasteiger partial charge >= 0.3 is 0 Å². The third kappa shape index (κ3) is 3.73. The molecule has 0 bridgehead atoms. The summed E-state index contributed by atoms with van der Waals surface area (Å²) < 4.78 is 5.40. The summed E-state index contributed by atoms with van der Waals surface area (Å²) in [7, 11) is 0. The van der Waals surface area contributed by atoms with Crippen LogP contribution in [0.25, 0.3) is 0 Å². The number of aromatic nitrogens is 2. The maximum atomic E-state index is 13.1. The Bertz CT molecular complexity index is 675. The fourth-order valence-corrected chi connectivity index (χ4v) is 4.85. The van der Waals surface area contributed by atoms with Crippen molar-refractivity contribution >= 4 is 11.8 Å². The lowest BCUT2D eigenvalue weighted by molar-refractivity contribution is -0.143. The largest absolute Gasteiger partial charge is 0.342 e. The molecular formula is C20H30N4O3. The number of nitrogens with zero attached hydrogens (tertiary/aromatic N) is 4. The molecule has 0 spiro atoms. The van der Waals surface area contributed by atoms with Crippen LogP contribution in [0.1, 0.15) is 76.0 Å². The van der Waals surface area contributed by atoms with E-state index in [1.165, 1.54) is 12.8 Å². The van der Waals surface area contributed by atoms with E-state index in [1.807, 2.05) is 16.7 Å². The third-order valence-corrected chi connectivity index (χ3v) is 6.48. The summed E-state index contributed by atoms with van der Waals surface area (Å²) in [6.45, 7) is 4.18. The number of rotatable bonds is 4. The van der Waals surface area contributed by atoms with Gasteiger partial charge in [0, 0.05) is 37.9 Å². The topological polar surface area (TPSA) is 79.5 Å². The number of hydrogen-bond donors (Lipinski definition) is 0. The van der Waals surface area contributed by atoms with Crippen LogP contribution in [-0.4, -0.2) is 51.4 Å². The summed E-state index contributed by atoms with van der Waals surface area (Å²) in [5.41, 5.74) is 0. The van der Waals surface area contributed by atoms with Crippen LogP contribution in [0.15, 0.2) is 4.52 Å². The molecule has 7 heteroatoms. The highest BCUT2D eigenvalue weighted by molar-refractivity contribution is 5.81. The molecule has 4 rings (SSSR count). The SMILES string of the molecule is CCc1noc([C@@H]2CCCN2C(=O)C2CCN(C(=O)C3CCCC3)CC2)n1. The Morgan fingerprint density at radius 3 is 2.33 bits per heavy atom. The van der Waals surface area contributed by atoms with Crippen molar-refractivity contribution in [3.63, 3.8) is 0 Å². The van der Waals surface area contributed by atoms with Gasteiger partial charge in [0.2, 0.25) is 17.7 Å². The standard InChI is InChI=1S/C20H30N4O3/c1-2-17-21-18(27-22-17)16-8-5-11-24(16)20(26)15-9-12-23(13-10-15)19(25)14-6-3-4-7-14/h14-16H,2-13H2,1H3/t16-/m0/s1. The molecule has 0 unspecified atom stereocenters. The minimum Gasteiger partial charge on any atom is -0.342 e. The number of carbonyl (C=O) groups excluding carboxylic acids is 2. The Kier molecular flexibility index (Phi) is 5.45. The highest BCUT2D eigenvalue weighted by Gasteiger charge is 2.39. The van der Waals surface area contributed by atoms with Crippen molar-refractivity contribution < 1.29 is 14.1 Å². The monoisotopic (exact) mass is 374 g/mol. The molecule has 1 aromatic heterocycles. The van der Waals surface area contributed by atoms with Crippen LogP contribution < -0.4 is 0 Å². The van der Waals surface area contributed by atoms with Crippen molar-refractivity contribution in [2.75, 3.05) is 19.6 Å². The average molecular weight is 374 g/mol. The average Bonchev–Trinajstić information content (AvgIpc) is 3.47. The fraction of sp³-hybridized carbons (Fsp3) is 0.800. The summed E-state index contributed by atoms with van der Waals surface area (Å²) in [4.78, 5) is 34.1. The molecule has 1 atom stereocenters. The second kappa shape index (κ2) is 7.98. The first kappa shape index (κ1) is 18.4. The quantitative estimate of drug-likeness (QED) is 0.810. The number of amides is 2. The fourth-order valence-electron chi connectivity index (χ4n) is 4.85. The molecule has 1 aliphatic carbocycles. The molecule has 3 heterocycles. The summed E-state index contributed by atoms with van der Waals surface area (Å²) >= 11 is 0. The molecule has 1 aromatic rings. The lowest BCUT2D eigenvalue weighted by Gasteiger charge is -2.35. The Hall–Kier alpha value is -1.92. The van der Waals surface area contributed by atoms with Gasteiger partial charge < -0.3 is 14.3 Å². The molecule has 0 aromatic carbocycles. The van der Waals surface area contributed by atoms with Gasteiger partial charge in [-0.05, 0) is 38.5 Å². The zero-order chi connectivity index (χ0) is 18.8. The van der Waals surface area contributed by atoms with E-state index >= 15 is 0 Å². The first-order valence-electron chi connectivity index (χ1n) is 10.6. The van der Waals surface area contributed by atoms with Crippen LogP contribution in [0.5, 0.6) is 0 Å². The zero-order valence-electron chi connectivity index (χ0n) is 16.2. The maximum absolute atomic E-state index is 13.1. The lowest BCUT2D eigenvalue weighted by atomic mass is 9.93. The van der Waals surface area contributed by atoms with E-state index < -0.39 is 0 Å². The van der Waals surface area contributed by atoms with E-state index in [4.69, 9.17) is 4.52 Å². The molecule has 0 radical (unpaired) electrons. The highest BCUT2D eigenvalue weighted by atomic mass is 16.5. The van der Waals surface area contributed by atoms with Crippen molar-refractivity contribution in [2.24, 2.45) is 11.8 Å². The van der Waals surface area contributed by atoms with E-state index in [9.17, 15) is 9.59 Å². The number of aryl methyl sites for hydroxylation is 1. The highest BCUT2D eigenvalue weighted by Crippen LogP contribution is 2.34. The van der Waals surface area contributed by atoms with Crippen molar-refractivity contribution in [2.45, 2.75) is 70.8 Å². The normalized spacial score (nSPS) is 24.7. The Morgan fingerprint density at radius 2 is 1.67 bits per heavy atom. The summed E-state index contributed by atoms with van der Waals surface area (Å²) in [5.74, 6) is 2.02. The minimum absolute atomic E-state index is 0.00629. The maximum Gasteiger partial charge on any atom is 0.249 e. The van der Waals surface area contributed by atoms with Crippen LogP contribution in [0.2, 0.25) is 0 Å². The second-order valence-electron chi connectivity index (χ2n) is 8.17. The number of hydrogen-bond acceptors (Lipinski definition) is 5. The van der Waals surface area contributed by atoms with Gasteiger partial charge in [-0.15, -0.1) is 0 Å². The number of piperidine rings is 1. The Morgan fingerprint density at radius 1 is 0.963 bits per heavy atom. The van der Waals surface area contributed by atoms with Gasteiger partial charge in [0.05, 0.1) is 0 Å². The van der Waals surface area contributed by atoms with Crippen LogP contribution in [-0.2, 0) is 16.0 Å². The van der Waals surface area contributed by atoms with E-state index in [-0.39, 0.29) is 23.8 Å². The van der Waals surface area contributed by atoms with Crippen LogP contribution in [0, 0.1) is 11.8 Å². The van der Waals surface area contributed by atoms with E-state index in [1.54, 1.807) is 0 Å². The molecule has 2 aliphatic heterocycles. The smallest absolute Gasteiger partial charge is 0.249 e. The van der Waals surface area contributed by atoms with Crippen LogP contribution in [0.4, 0.5) is 0 Å². The number of likely N-dealkylation sites (tertiary alicyclic amines) is 2.